The van der Waals surface area contributed by atoms with Gasteiger partial charge in [0, 0.05) is 6.54 Å². The van der Waals surface area contributed by atoms with Crippen molar-refractivity contribution < 1.29 is 9.50 Å². The van der Waals surface area contributed by atoms with Crippen molar-refractivity contribution >= 4 is 15.9 Å². The molecule has 1 atom stereocenters. The largest absolute Gasteiger partial charge is 0.504 e. The highest BCUT2D eigenvalue weighted by Gasteiger charge is 2.22. The Morgan fingerprint density at radius 2 is 2.31 bits per heavy atom. The number of hydrogen-bond acceptors (Lipinski definition) is 2. The zero-order valence-electron chi connectivity index (χ0n) is 9.19. The zero-order valence-corrected chi connectivity index (χ0v) is 10.8. The number of benzene rings is 1. The van der Waals surface area contributed by atoms with E-state index in [4.69, 9.17) is 0 Å². The van der Waals surface area contributed by atoms with Crippen molar-refractivity contribution in [2.24, 2.45) is 0 Å². The van der Waals surface area contributed by atoms with Crippen LogP contribution in [0.2, 0.25) is 0 Å². The maximum absolute atomic E-state index is 13.9. The van der Waals surface area contributed by atoms with Gasteiger partial charge in [0.15, 0.2) is 11.6 Å². The van der Waals surface area contributed by atoms with Crippen LogP contribution < -0.4 is 5.32 Å². The van der Waals surface area contributed by atoms with E-state index >= 15 is 0 Å². The van der Waals surface area contributed by atoms with Gasteiger partial charge in [-0.1, -0.05) is 6.07 Å². The Morgan fingerprint density at radius 1 is 1.56 bits per heavy atom. The molecule has 1 saturated heterocycles. The number of rotatable bonds is 1. The third kappa shape index (κ3) is 2.09. The van der Waals surface area contributed by atoms with Gasteiger partial charge in [-0.25, -0.2) is 4.39 Å². The molecule has 1 aliphatic rings. The summed E-state index contributed by atoms with van der Waals surface area (Å²) in [4.78, 5) is 0. The van der Waals surface area contributed by atoms with Crippen LogP contribution in [0, 0.1) is 12.7 Å². The first-order valence-electron chi connectivity index (χ1n) is 5.49. The van der Waals surface area contributed by atoms with Crippen LogP contribution in [-0.4, -0.2) is 18.2 Å². The lowest BCUT2D eigenvalue weighted by Crippen LogP contribution is -2.28. The molecular formula is C12H15BrFNO. The molecule has 1 aromatic rings. The van der Waals surface area contributed by atoms with Crippen molar-refractivity contribution in [1.82, 2.24) is 5.32 Å². The topological polar surface area (TPSA) is 32.3 Å². The smallest absolute Gasteiger partial charge is 0.169 e. The van der Waals surface area contributed by atoms with E-state index in [0.717, 1.165) is 31.5 Å². The molecule has 88 valence electrons. The molecule has 0 bridgehead atoms. The highest BCUT2D eigenvalue weighted by molar-refractivity contribution is 9.10. The van der Waals surface area contributed by atoms with Crippen LogP contribution in [0.3, 0.4) is 0 Å². The summed E-state index contributed by atoms with van der Waals surface area (Å²) >= 11 is 3.18. The fourth-order valence-corrected chi connectivity index (χ4v) is 2.48. The summed E-state index contributed by atoms with van der Waals surface area (Å²) in [6.07, 6.45) is 2.03. The molecule has 0 saturated carbocycles. The molecule has 2 rings (SSSR count). The number of aryl methyl sites for hydroxylation is 1. The molecule has 4 heteroatoms. The molecule has 0 aromatic heterocycles. The second kappa shape index (κ2) is 4.72. The highest BCUT2D eigenvalue weighted by Crippen LogP contribution is 2.36. The second-order valence-corrected chi connectivity index (χ2v) is 5.10. The first-order chi connectivity index (χ1) is 7.61. The average molecular weight is 288 g/mol. The minimum atomic E-state index is -0.480. The maximum atomic E-state index is 13.9. The molecule has 1 fully saturated rings. The Hall–Kier alpha value is -0.610. The summed E-state index contributed by atoms with van der Waals surface area (Å²) in [5, 5.41) is 12.9. The molecule has 16 heavy (non-hydrogen) atoms. The molecule has 1 aliphatic heterocycles. The number of phenolic OH excluding ortho intramolecular Hbond substituents is 1. The lowest BCUT2D eigenvalue weighted by Gasteiger charge is -2.24. The van der Waals surface area contributed by atoms with Crippen LogP contribution in [0.25, 0.3) is 0 Å². The van der Waals surface area contributed by atoms with Crippen molar-refractivity contribution in [3.8, 4) is 5.75 Å². The number of phenols is 1. The van der Waals surface area contributed by atoms with Gasteiger partial charge in [-0.3, -0.25) is 0 Å². The van der Waals surface area contributed by atoms with Crippen molar-refractivity contribution in [2.75, 3.05) is 13.1 Å². The van der Waals surface area contributed by atoms with E-state index in [1.54, 1.807) is 0 Å². The molecular weight excluding hydrogens is 273 g/mol. The predicted molar refractivity (Wildman–Crippen MR) is 65.3 cm³/mol. The van der Waals surface area contributed by atoms with Gasteiger partial charge < -0.3 is 10.4 Å². The van der Waals surface area contributed by atoms with Gasteiger partial charge in [0.05, 0.1) is 4.47 Å². The van der Waals surface area contributed by atoms with Gasteiger partial charge in [0.2, 0.25) is 0 Å². The SMILES string of the molecule is Cc1cc(C2CCCNC2)c(F)c(O)c1Br. The summed E-state index contributed by atoms with van der Waals surface area (Å²) in [6, 6.07) is 1.83. The van der Waals surface area contributed by atoms with Gasteiger partial charge in [-0.15, -0.1) is 0 Å². The molecule has 1 heterocycles. The van der Waals surface area contributed by atoms with Crippen LogP contribution >= 0.6 is 15.9 Å². The minimum absolute atomic E-state index is 0.173. The Bertz CT molecular complexity index is 402. The van der Waals surface area contributed by atoms with Crippen LogP contribution in [0.15, 0.2) is 10.5 Å². The van der Waals surface area contributed by atoms with Crippen molar-refractivity contribution in [2.45, 2.75) is 25.7 Å². The fraction of sp³-hybridized carbons (Fsp3) is 0.500. The van der Waals surface area contributed by atoms with Gasteiger partial charge in [-0.2, -0.15) is 0 Å². The number of halogens is 2. The first kappa shape index (κ1) is 11.9. The minimum Gasteiger partial charge on any atom is -0.504 e. The highest BCUT2D eigenvalue weighted by atomic mass is 79.9. The second-order valence-electron chi connectivity index (χ2n) is 4.30. The number of piperidine rings is 1. The van der Waals surface area contributed by atoms with E-state index < -0.39 is 5.82 Å². The first-order valence-corrected chi connectivity index (χ1v) is 6.28. The third-order valence-electron chi connectivity index (χ3n) is 3.12. The van der Waals surface area contributed by atoms with Gasteiger partial charge in [0.25, 0.3) is 0 Å². The van der Waals surface area contributed by atoms with E-state index in [-0.39, 0.29) is 11.7 Å². The van der Waals surface area contributed by atoms with E-state index in [9.17, 15) is 9.50 Å². The molecule has 0 amide bonds. The molecule has 0 radical (unpaired) electrons. The van der Waals surface area contributed by atoms with E-state index in [2.05, 4.69) is 21.2 Å². The summed E-state index contributed by atoms with van der Waals surface area (Å²) in [5.74, 6) is -0.571. The number of aromatic hydroxyl groups is 1. The maximum Gasteiger partial charge on any atom is 0.169 e. The summed E-state index contributed by atoms with van der Waals surface area (Å²) in [6.45, 7) is 3.65. The predicted octanol–water partition coefficient (Wildman–Crippen LogP) is 3.07. The molecule has 0 aliphatic carbocycles. The molecule has 2 nitrogen and oxygen atoms in total. The Kier molecular flexibility index (Phi) is 3.50. The Labute approximate surface area is 103 Å². The monoisotopic (exact) mass is 287 g/mol. The van der Waals surface area contributed by atoms with Crippen LogP contribution in [-0.2, 0) is 0 Å². The third-order valence-corrected chi connectivity index (χ3v) is 4.13. The number of hydrogen-bond donors (Lipinski definition) is 2. The molecule has 1 unspecified atom stereocenters. The summed E-state index contributed by atoms with van der Waals surface area (Å²) in [5.41, 5.74) is 1.50. The Balaban J connectivity index is 2.40. The van der Waals surface area contributed by atoms with Crippen molar-refractivity contribution in [3.05, 3.63) is 27.5 Å². The Morgan fingerprint density at radius 3 is 2.94 bits per heavy atom. The van der Waals surface area contributed by atoms with Crippen LogP contribution in [0.4, 0.5) is 4.39 Å². The summed E-state index contributed by atoms with van der Waals surface area (Å²) in [7, 11) is 0. The van der Waals surface area contributed by atoms with E-state index in [1.807, 2.05) is 13.0 Å². The molecule has 0 spiro atoms. The zero-order chi connectivity index (χ0) is 11.7. The van der Waals surface area contributed by atoms with Crippen LogP contribution in [0.5, 0.6) is 5.75 Å². The van der Waals surface area contributed by atoms with Crippen LogP contribution in [0.1, 0.15) is 29.9 Å². The van der Waals surface area contributed by atoms with Crippen molar-refractivity contribution in [3.63, 3.8) is 0 Å². The van der Waals surface area contributed by atoms with Gasteiger partial charge in [0.1, 0.15) is 0 Å². The molecule has 1 aromatic carbocycles. The lowest BCUT2D eigenvalue weighted by atomic mass is 9.90. The van der Waals surface area contributed by atoms with E-state index in [0.29, 0.717) is 10.0 Å². The normalized spacial score (nSPS) is 21.1. The van der Waals surface area contributed by atoms with Crippen molar-refractivity contribution in [1.29, 1.82) is 0 Å². The quantitative estimate of drug-likeness (QED) is 0.832. The number of nitrogens with one attached hydrogen (secondary N) is 1. The lowest BCUT2D eigenvalue weighted by molar-refractivity contribution is 0.406. The van der Waals surface area contributed by atoms with Gasteiger partial charge in [-0.05, 0) is 59.3 Å². The standard InChI is InChI=1S/C12H15BrFNO/c1-7-5-9(8-3-2-4-15-6-8)11(14)12(16)10(7)13/h5,8,15-16H,2-4,6H2,1H3. The van der Waals surface area contributed by atoms with E-state index in [1.165, 1.54) is 0 Å². The fourth-order valence-electron chi connectivity index (χ4n) is 2.19. The molecule has 2 N–H and O–H groups in total. The average Bonchev–Trinajstić information content (AvgIpc) is 2.32. The summed E-state index contributed by atoms with van der Waals surface area (Å²) < 4.78 is 14.4. The van der Waals surface area contributed by atoms with Gasteiger partial charge >= 0.3 is 0 Å².